The first-order chi connectivity index (χ1) is 22.3. The van der Waals surface area contributed by atoms with E-state index in [0.717, 1.165) is 17.1 Å². The third-order valence-electron chi connectivity index (χ3n) is 9.38. The van der Waals surface area contributed by atoms with Crippen molar-refractivity contribution >= 4 is 82.3 Å². The van der Waals surface area contributed by atoms with Crippen LogP contribution in [0.1, 0.15) is 0 Å². The molecule has 0 radical (unpaired) electrons. The average Bonchev–Trinajstić information content (AvgIpc) is 3.11. The molecule has 0 aromatic heterocycles. The van der Waals surface area contributed by atoms with Gasteiger partial charge in [-0.05, 0) is 91.6 Å². The molecule has 0 amide bonds. The van der Waals surface area contributed by atoms with Crippen molar-refractivity contribution in [1.82, 2.24) is 0 Å². The molecule has 2 heteroatoms. The fourth-order valence-corrected chi connectivity index (χ4v) is 7.29. The number of benzene rings is 9. The molecule has 0 heterocycles. The highest BCUT2D eigenvalue weighted by atomic mass is 15.1. The maximum Gasteiger partial charge on any atom is 0.0540 e. The van der Waals surface area contributed by atoms with Crippen LogP contribution in [-0.4, -0.2) is 7.05 Å². The van der Waals surface area contributed by atoms with E-state index in [1.54, 1.807) is 0 Å². The molecule has 45 heavy (non-hydrogen) atoms. The summed E-state index contributed by atoms with van der Waals surface area (Å²) in [6.07, 6.45) is 0. The van der Waals surface area contributed by atoms with Crippen molar-refractivity contribution in [3.05, 3.63) is 164 Å². The van der Waals surface area contributed by atoms with Crippen LogP contribution in [0.2, 0.25) is 0 Å². The predicted octanol–water partition coefficient (Wildman–Crippen LogP) is 12.1. The third kappa shape index (κ3) is 3.96. The van der Waals surface area contributed by atoms with Crippen molar-refractivity contribution in [3.63, 3.8) is 0 Å². The molecule has 0 aliphatic heterocycles. The molecule has 9 rings (SSSR count). The fraction of sp³-hybridized carbons (Fsp3) is 0.0233. The second-order valence-corrected chi connectivity index (χ2v) is 11.8. The minimum absolute atomic E-state index is 1.12. The van der Waals surface area contributed by atoms with E-state index in [9.17, 15) is 0 Å². The predicted molar refractivity (Wildman–Crippen MR) is 194 cm³/mol. The van der Waals surface area contributed by atoms with Crippen LogP contribution in [0, 0.1) is 0 Å². The summed E-state index contributed by atoms with van der Waals surface area (Å²) in [6.45, 7) is 0. The third-order valence-corrected chi connectivity index (χ3v) is 9.38. The first-order valence-corrected chi connectivity index (χ1v) is 15.5. The molecule has 0 unspecified atom stereocenters. The molecule has 0 N–H and O–H groups in total. The average molecular weight is 575 g/mol. The maximum absolute atomic E-state index is 2.35. The summed E-state index contributed by atoms with van der Waals surface area (Å²) in [4.78, 5) is 4.67. The molecule has 0 spiro atoms. The Bertz CT molecular complexity index is 2440. The Morgan fingerprint density at radius 1 is 0.311 bits per heavy atom. The van der Waals surface area contributed by atoms with Crippen LogP contribution >= 0.6 is 0 Å². The zero-order valence-electron chi connectivity index (χ0n) is 25.0. The SMILES string of the molecule is CN(c1ccc(N(c2ccccc2)c2cccc3ccccc23)cc1)c1ccc2c3cccc4cccc(c5cccc1c52)c43. The van der Waals surface area contributed by atoms with Crippen LogP contribution in [0.5, 0.6) is 0 Å². The number of fused-ring (bicyclic) bond motifs is 3. The van der Waals surface area contributed by atoms with Gasteiger partial charge in [0.15, 0.2) is 0 Å². The van der Waals surface area contributed by atoms with E-state index in [-0.39, 0.29) is 0 Å². The van der Waals surface area contributed by atoms with E-state index in [4.69, 9.17) is 0 Å². The molecule has 0 saturated carbocycles. The van der Waals surface area contributed by atoms with Gasteiger partial charge >= 0.3 is 0 Å². The summed E-state index contributed by atoms with van der Waals surface area (Å²) >= 11 is 0. The zero-order chi connectivity index (χ0) is 29.9. The smallest absolute Gasteiger partial charge is 0.0540 e. The van der Waals surface area contributed by atoms with Crippen LogP contribution < -0.4 is 9.80 Å². The van der Waals surface area contributed by atoms with Crippen LogP contribution in [0.15, 0.2) is 164 Å². The van der Waals surface area contributed by atoms with Gasteiger partial charge in [-0.2, -0.15) is 0 Å². The highest BCUT2D eigenvalue weighted by molar-refractivity contribution is 6.34. The van der Waals surface area contributed by atoms with Crippen LogP contribution in [-0.2, 0) is 0 Å². The second-order valence-electron chi connectivity index (χ2n) is 11.8. The Morgan fingerprint density at radius 3 is 1.60 bits per heavy atom. The van der Waals surface area contributed by atoms with E-state index in [0.29, 0.717) is 0 Å². The monoisotopic (exact) mass is 574 g/mol. The summed E-state index contributed by atoms with van der Waals surface area (Å²) in [5.74, 6) is 0. The van der Waals surface area contributed by atoms with Crippen molar-refractivity contribution in [2.24, 2.45) is 0 Å². The lowest BCUT2D eigenvalue weighted by molar-refractivity contribution is 1.21. The van der Waals surface area contributed by atoms with Gasteiger partial charge in [0.25, 0.3) is 0 Å². The number of anilines is 5. The second kappa shape index (κ2) is 10.1. The molecular weight excluding hydrogens is 544 g/mol. The van der Waals surface area contributed by atoms with Gasteiger partial charge in [-0.15, -0.1) is 0 Å². The van der Waals surface area contributed by atoms with E-state index in [1.807, 2.05) is 0 Å². The Balaban J connectivity index is 1.17. The van der Waals surface area contributed by atoms with Crippen LogP contribution in [0.4, 0.5) is 28.4 Å². The molecule has 0 bridgehead atoms. The molecule has 2 nitrogen and oxygen atoms in total. The van der Waals surface area contributed by atoms with Gasteiger partial charge in [0.05, 0.1) is 5.69 Å². The number of hydrogen-bond donors (Lipinski definition) is 0. The van der Waals surface area contributed by atoms with Gasteiger partial charge in [0, 0.05) is 40.6 Å². The van der Waals surface area contributed by atoms with E-state index < -0.39 is 0 Å². The summed E-state index contributed by atoms with van der Waals surface area (Å²) in [5.41, 5.74) is 5.76. The highest BCUT2D eigenvalue weighted by Gasteiger charge is 2.18. The van der Waals surface area contributed by atoms with Gasteiger partial charge in [0.2, 0.25) is 0 Å². The van der Waals surface area contributed by atoms with Crippen LogP contribution in [0.25, 0.3) is 53.9 Å². The number of nitrogens with zero attached hydrogens (tertiary/aromatic N) is 2. The lowest BCUT2D eigenvalue weighted by Crippen LogP contribution is -2.12. The number of para-hydroxylation sites is 1. The minimum Gasteiger partial charge on any atom is -0.344 e. The Morgan fingerprint density at radius 2 is 0.822 bits per heavy atom. The van der Waals surface area contributed by atoms with Gasteiger partial charge in [-0.1, -0.05) is 115 Å². The summed E-state index contributed by atoms with van der Waals surface area (Å²) < 4.78 is 0. The Kier molecular flexibility index (Phi) is 5.76. The molecular formula is C43H30N2. The number of hydrogen-bond acceptors (Lipinski definition) is 2. The van der Waals surface area contributed by atoms with Gasteiger partial charge in [-0.25, -0.2) is 0 Å². The molecule has 212 valence electrons. The van der Waals surface area contributed by atoms with Crippen LogP contribution in [0.3, 0.4) is 0 Å². The standard InChI is InChI=1S/C43H30N2/c1-44(40-28-27-38-36-19-8-14-30-13-7-18-35(42(30)36)37-20-10-21-39(40)43(37)38)31-23-25-33(26-24-31)45(32-15-3-2-4-16-32)41-22-9-12-29-11-5-6-17-34(29)41/h2-28H,1H3. The molecule has 0 aliphatic carbocycles. The minimum atomic E-state index is 1.12. The van der Waals surface area contributed by atoms with Gasteiger partial charge in [-0.3, -0.25) is 0 Å². The molecule has 0 aliphatic rings. The van der Waals surface area contributed by atoms with Crippen molar-refractivity contribution < 1.29 is 0 Å². The largest absolute Gasteiger partial charge is 0.344 e. The lowest BCUT2D eigenvalue weighted by Gasteiger charge is -2.28. The van der Waals surface area contributed by atoms with Crippen molar-refractivity contribution in [1.29, 1.82) is 0 Å². The summed E-state index contributed by atoms with van der Waals surface area (Å²) in [5, 5.41) is 13.0. The molecule has 0 atom stereocenters. The highest BCUT2D eigenvalue weighted by Crippen LogP contribution is 2.44. The molecule has 0 saturated heterocycles. The lowest BCUT2D eigenvalue weighted by atomic mass is 9.89. The normalized spacial score (nSPS) is 11.7. The van der Waals surface area contributed by atoms with E-state index >= 15 is 0 Å². The first-order valence-electron chi connectivity index (χ1n) is 15.5. The molecule has 9 aromatic rings. The number of rotatable bonds is 5. The first kappa shape index (κ1) is 25.6. The molecule has 0 fully saturated rings. The van der Waals surface area contributed by atoms with E-state index in [1.165, 1.54) is 65.2 Å². The summed E-state index contributed by atoms with van der Waals surface area (Å²) in [7, 11) is 2.18. The van der Waals surface area contributed by atoms with Crippen molar-refractivity contribution in [3.8, 4) is 0 Å². The quantitative estimate of drug-likeness (QED) is 0.149. The van der Waals surface area contributed by atoms with Crippen molar-refractivity contribution in [2.75, 3.05) is 16.8 Å². The topological polar surface area (TPSA) is 6.48 Å². The fourth-order valence-electron chi connectivity index (χ4n) is 7.29. The zero-order valence-corrected chi connectivity index (χ0v) is 25.0. The maximum atomic E-state index is 2.35. The summed E-state index contributed by atoms with van der Waals surface area (Å²) in [6, 6.07) is 59.4. The van der Waals surface area contributed by atoms with Crippen molar-refractivity contribution in [2.45, 2.75) is 0 Å². The Hall–Kier alpha value is -5.86. The Labute approximate surface area is 262 Å². The molecule has 9 aromatic carbocycles. The van der Waals surface area contributed by atoms with E-state index in [2.05, 4.69) is 181 Å². The van der Waals surface area contributed by atoms with Gasteiger partial charge < -0.3 is 9.80 Å². The van der Waals surface area contributed by atoms with Gasteiger partial charge in [0.1, 0.15) is 0 Å².